The fourth-order valence-corrected chi connectivity index (χ4v) is 4.39. The van der Waals surface area contributed by atoms with Crippen LogP contribution in [-0.4, -0.2) is 72.0 Å². The summed E-state index contributed by atoms with van der Waals surface area (Å²) in [7, 11) is 0. The lowest BCUT2D eigenvalue weighted by atomic mass is 10.1. The lowest BCUT2D eigenvalue weighted by molar-refractivity contribution is -0.384. The molecule has 1 fully saturated rings. The Morgan fingerprint density at radius 1 is 1.00 bits per heavy atom. The molecule has 0 radical (unpaired) electrons. The number of piperazine rings is 1. The van der Waals surface area contributed by atoms with Crippen molar-refractivity contribution < 1.29 is 9.31 Å². The Hall–Kier alpha value is -2.10. The second kappa shape index (κ2) is 13.0. The first kappa shape index (κ1) is 25.5. The summed E-state index contributed by atoms with van der Waals surface area (Å²) in [6, 6.07) is 11.3. The topological polar surface area (TPSA) is 78.9 Å². The molecule has 1 saturated heterocycles. The third-order valence-electron chi connectivity index (χ3n) is 6.09. The Morgan fingerprint density at radius 3 is 2.21 bits per heavy atom. The van der Waals surface area contributed by atoms with Gasteiger partial charge >= 0.3 is 0 Å². The molecule has 0 atom stereocenters. The van der Waals surface area contributed by atoms with Crippen LogP contribution in [0.5, 0.6) is 0 Å². The van der Waals surface area contributed by atoms with Crippen LogP contribution < -0.4 is 5.73 Å². The first-order chi connectivity index (χ1) is 16.0. The maximum atomic E-state index is 14.4. The van der Waals surface area contributed by atoms with E-state index in [2.05, 4.69) is 14.7 Å². The van der Waals surface area contributed by atoms with Gasteiger partial charge in [0, 0.05) is 68.5 Å². The predicted octanol–water partition coefficient (Wildman–Crippen LogP) is 3.75. The first-order valence-corrected chi connectivity index (χ1v) is 11.9. The van der Waals surface area contributed by atoms with Crippen molar-refractivity contribution in [1.29, 1.82) is 0 Å². The summed E-state index contributed by atoms with van der Waals surface area (Å²) in [4.78, 5) is 17.6. The highest BCUT2D eigenvalue weighted by Crippen LogP contribution is 2.22. The average Bonchev–Trinajstić information content (AvgIpc) is 2.81. The zero-order valence-corrected chi connectivity index (χ0v) is 19.7. The number of nitro groups is 1. The maximum absolute atomic E-state index is 14.4. The number of hydrogen-bond donors (Lipinski definition) is 1. The fourth-order valence-electron chi connectivity index (χ4n) is 4.17. The fraction of sp³-hybridized carbons (Fsp3) is 0.500. The van der Waals surface area contributed by atoms with Gasteiger partial charge in [0.25, 0.3) is 5.69 Å². The lowest BCUT2D eigenvalue weighted by Crippen LogP contribution is -2.47. The van der Waals surface area contributed by atoms with Crippen LogP contribution in [-0.2, 0) is 13.1 Å². The minimum Gasteiger partial charge on any atom is -0.330 e. The van der Waals surface area contributed by atoms with E-state index in [1.54, 1.807) is 24.3 Å². The van der Waals surface area contributed by atoms with Gasteiger partial charge in [0.15, 0.2) is 0 Å². The molecule has 1 aliphatic heterocycles. The molecule has 9 heteroatoms. The van der Waals surface area contributed by atoms with Crippen LogP contribution in [0.25, 0.3) is 0 Å². The number of hydrogen-bond acceptors (Lipinski definition) is 6. The number of halogens is 2. The zero-order chi connectivity index (χ0) is 23.6. The van der Waals surface area contributed by atoms with Crippen molar-refractivity contribution in [2.45, 2.75) is 25.9 Å². The lowest BCUT2D eigenvalue weighted by Gasteiger charge is -2.35. The zero-order valence-electron chi connectivity index (χ0n) is 19.0. The van der Waals surface area contributed by atoms with Gasteiger partial charge < -0.3 is 15.5 Å². The molecule has 0 bridgehead atoms. The summed E-state index contributed by atoms with van der Waals surface area (Å²) in [5.41, 5.74) is 7.10. The molecule has 2 aromatic carbocycles. The molecule has 0 aliphatic carbocycles. The van der Waals surface area contributed by atoms with E-state index in [4.69, 9.17) is 17.3 Å². The molecule has 0 saturated carbocycles. The van der Waals surface area contributed by atoms with Crippen molar-refractivity contribution >= 4 is 17.3 Å². The van der Waals surface area contributed by atoms with E-state index in [0.717, 1.165) is 70.8 Å². The summed E-state index contributed by atoms with van der Waals surface area (Å²) >= 11 is 6.28. The average molecular weight is 478 g/mol. The van der Waals surface area contributed by atoms with Gasteiger partial charge in [-0.3, -0.25) is 15.0 Å². The van der Waals surface area contributed by atoms with Crippen molar-refractivity contribution in [3.05, 3.63) is 74.5 Å². The highest BCUT2D eigenvalue weighted by Gasteiger charge is 2.18. The quantitative estimate of drug-likeness (QED) is 0.370. The van der Waals surface area contributed by atoms with Crippen molar-refractivity contribution in [1.82, 2.24) is 14.7 Å². The minimum atomic E-state index is -0.406. The van der Waals surface area contributed by atoms with Crippen molar-refractivity contribution in [2.24, 2.45) is 5.73 Å². The molecular weight excluding hydrogens is 445 g/mol. The largest absolute Gasteiger partial charge is 0.330 e. The third-order valence-corrected chi connectivity index (χ3v) is 6.44. The van der Waals surface area contributed by atoms with Crippen molar-refractivity contribution in [2.75, 3.05) is 52.4 Å². The number of benzene rings is 2. The van der Waals surface area contributed by atoms with Gasteiger partial charge in [0.05, 0.1) is 4.92 Å². The summed E-state index contributed by atoms with van der Waals surface area (Å²) in [5, 5.41) is 11.4. The van der Waals surface area contributed by atoms with Gasteiger partial charge in [-0.1, -0.05) is 29.8 Å². The molecule has 2 N–H and O–H groups in total. The Labute approximate surface area is 200 Å². The molecule has 3 rings (SSSR count). The van der Waals surface area contributed by atoms with Gasteiger partial charge in [-0.15, -0.1) is 0 Å². The molecule has 33 heavy (non-hydrogen) atoms. The highest BCUT2D eigenvalue weighted by atomic mass is 35.5. The minimum absolute atomic E-state index is 0.0630. The number of rotatable bonds is 12. The Kier molecular flexibility index (Phi) is 10.0. The molecule has 0 spiro atoms. The van der Waals surface area contributed by atoms with Crippen LogP contribution >= 0.6 is 11.6 Å². The monoisotopic (exact) mass is 477 g/mol. The SMILES string of the molecule is NCCCN1CCN(CCCN(Cc2ccc([N+](=O)[O-])cc2)Cc2c(F)cccc2Cl)CC1. The predicted molar refractivity (Wildman–Crippen MR) is 130 cm³/mol. The summed E-state index contributed by atoms with van der Waals surface area (Å²) in [5.74, 6) is -0.315. The molecular formula is C24H33ClFN5O2. The molecule has 0 aromatic heterocycles. The van der Waals surface area contributed by atoms with Crippen LogP contribution in [0.15, 0.2) is 42.5 Å². The molecule has 180 valence electrons. The second-order valence-electron chi connectivity index (χ2n) is 8.51. The van der Waals surface area contributed by atoms with E-state index < -0.39 is 4.92 Å². The van der Waals surface area contributed by atoms with E-state index in [1.165, 1.54) is 18.2 Å². The van der Waals surface area contributed by atoms with E-state index in [9.17, 15) is 14.5 Å². The molecule has 0 unspecified atom stereocenters. The number of nitro benzene ring substituents is 1. The van der Waals surface area contributed by atoms with E-state index in [-0.39, 0.29) is 11.5 Å². The molecule has 7 nitrogen and oxygen atoms in total. The first-order valence-electron chi connectivity index (χ1n) is 11.5. The smallest absolute Gasteiger partial charge is 0.269 e. The third kappa shape index (κ3) is 8.01. The standard InChI is InChI=1S/C24H33ClFN5O2/c25-23-4-1-5-24(26)22(23)19-30(18-20-6-8-21(9-7-20)31(32)33)13-3-12-29-16-14-28(15-17-29)11-2-10-27/h1,4-9H,2-3,10-19,27H2. The van der Waals surface area contributed by atoms with Gasteiger partial charge in [-0.05, 0) is 50.2 Å². The van der Waals surface area contributed by atoms with Gasteiger partial charge in [-0.25, -0.2) is 4.39 Å². The second-order valence-corrected chi connectivity index (χ2v) is 8.92. The Balaban J connectivity index is 1.58. The Bertz CT molecular complexity index is 871. The van der Waals surface area contributed by atoms with Crippen molar-refractivity contribution in [3.63, 3.8) is 0 Å². The molecule has 2 aromatic rings. The normalized spacial score (nSPS) is 15.3. The maximum Gasteiger partial charge on any atom is 0.269 e. The van der Waals surface area contributed by atoms with E-state index in [1.807, 2.05) is 0 Å². The van der Waals surface area contributed by atoms with Crippen molar-refractivity contribution in [3.8, 4) is 0 Å². The molecule has 0 amide bonds. The molecule has 1 aliphatic rings. The van der Waals surface area contributed by atoms with Gasteiger partial charge in [-0.2, -0.15) is 0 Å². The summed E-state index contributed by atoms with van der Waals surface area (Å²) in [6.45, 7) is 8.73. The van der Waals surface area contributed by atoms with Gasteiger partial charge in [0.1, 0.15) is 5.82 Å². The number of non-ortho nitro benzene ring substituents is 1. The molecule has 1 heterocycles. The Morgan fingerprint density at radius 2 is 1.64 bits per heavy atom. The summed E-state index contributed by atoms with van der Waals surface area (Å²) < 4.78 is 14.4. The van der Waals surface area contributed by atoms with Crippen LogP contribution in [0, 0.1) is 15.9 Å². The van der Waals surface area contributed by atoms with Crippen LogP contribution in [0.3, 0.4) is 0 Å². The van der Waals surface area contributed by atoms with Crippen LogP contribution in [0.1, 0.15) is 24.0 Å². The van der Waals surface area contributed by atoms with Gasteiger partial charge in [0.2, 0.25) is 0 Å². The van der Waals surface area contributed by atoms with Crippen LogP contribution in [0.4, 0.5) is 10.1 Å². The summed E-state index contributed by atoms with van der Waals surface area (Å²) in [6.07, 6.45) is 1.98. The van der Waals surface area contributed by atoms with E-state index in [0.29, 0.717) is 23.7 Å². The number of nitrogens with two attached hydrogens (primary N) is 1. The van der Waals surface area contributed by atoms with E-state index >= 15 is 0 Å². The number of nitrogens with zero attached hydrogens (tertiary/aromatic N) is 4. The van der Waals surface area contributed by atoms with Crippen LogP contribution in [0.2, 0.25) is 5.02 Å². The highest BCUT2D eigenvalue weighted by molar-refractivity contribution is 6.31.